The summed E-state index contributed by atoms with van der Waals surface area (Å²) in [6.07, 6.45) is 0.722. The van der Waals surface area contributed by atoms with Crippen LogP contribution in [-0.2, 0) is 28.9 Å². The van der Waals surface area contributed by atoms with Crippen molar-refractivity contribution < 1.29 is 18.7 Å². The molecule has 2 heterocycles. The van der Waals surface area contributed by atoms with E-state index in [-0.39, 0.29) is 30.1 Å². The van der Waals surface area contributed by atoms with E-state index in [1.165, 1.54) is 11.1 Å². The Bertz CT molecular complexity index is 1310. The highest BCUT2D eigenvalue weighted by molar-refractivity contribution is 5.88. The Morgan fingerprint density at radius 2 is 1.90 bits per heavy atom. The first-order chi connectivity index (χ1) is 18.5. The average Bonchev–Trinajstić information content (AvgIpc) is 3.22. The van der Waals surface area contributed by atoms with Crippen molar-refractivity contribution in [2.45, 2.75) is 77.4 Å². The number of rotatable bonds is 5. The van der Waals surface area contributed by atoms with Gasteiger partial charge in [0.2, 0.25) is 5.91 Å². The van der Waals surface area contributed by atoms with Gasteiger partial charge in [-0.25, -0.2) is 9.18 Å². The Labute approximate surface area is 229 Å². The summed E-state index contributed by atoms with van der Waals surface area (Å²) in [5, 5.41) is 6.25. The van der Waals surface area contributed by atoms with E-state index in [0.29, 0.717) is 23.3 Å². The smallest absolute Gasteiger partial charge is 0.411 e. The van der Waals surface area contributed by atoms with Gasteiger partial charge in [0.05, 0.1) is 6.17 Å². The lowest BCUT2D eigenvalue weighted by Gasteiger charge is -2.35. The van der Waals surface area contributed by atoms with Crippen molar-refractivity contribution in [1.82, 2.24) is 15.5 Å². The first kappa shape index (κ1) is 26.3. The minimum absolute atomic E-state index is 0.0293. The SMILES string of the molecule is CC1C2C3CC(C12)N(C(=O)OC(C)(C)C)C3C(=O)NC(N)Cc1ccc(-c2ccc3c(c2)CCNC3)cc1F. The number of piperidine rings is 1. The second kappa shape index (κ2) is 9.59. The molecule has 4 aliphatic rings. The summed E-state index contributed by atoms with van der Waals surface area (Å²) >= 11 is 0. The molecule has 2 aromatic rings. The van der Waals surface area contributed by atoms with Crippen molar-refractivity contribution in [2.24, 2.45) is 29.4 Å². The Balaban J connectivity index is 1.13. The molecule has 2 saturated carbocycles. The van der Waals surface area contributed by atoms with Crippen molar-refractivity contribution in [3.63, 3.8) is 0 Å². The number of hydrogen-bond acceptors (Lipinski definition) is 5. The van der Waals surface area contributed by atoms with E-state index in [4.69, 9.17) is 10.5 Å². The third-order valence-corrected chi connectivity index (χ3v) is 9.15. The van der Waals surface area contributed by atoms with Crippen LogP contribution >= 0.6 is 0 Å². The number of amides is 2. The van der Waals surface area contributed by atoms with Crippen LogP contribution in [0.15, 0.2) is 36.4 Å². The van der Waals surface area contributed by atoms with Crippen LogP contribution in [0.4, 0.5) is 9.18 Å². The number of benzene rings is 2. The van der Waals surface area contributed by atoms with E-state index in [0.717, 1.165) is 37.1 Å². The maximum Gasteiger partial charge on any atom is 0.411 e. The number of ether oxygens (including phenoxy) is 1. The lowest BCUT2D eigenvalue weighted by molar-refractivity contribution is -0.128. The zero-order valence-electron chi connectivity index (χ0n) is 23.2. The number of fused-ring (bicyclic) bond motifs is 6. The molecule has 2 aromatic carbocycles. The zero-order valence-corrected chi connectivity index (χ0v) is 23.2. The van der Waals surface area contributed by atoms with Crippen LogP contribution in [0.25, 0.3) is 11.1 Å². The molecule has 208 valence electrons. The molecule has 2 aliphatic heterocycles. The highest BCUT2D eigenvalue weighted by Gasteiger charge is 2.71. The Morgan fingerprint density at radius 1 is 1.15 bits per heavy atom. The molecule has 7 atom stereocenters. The number of nitrogens with one attached hydrogen (secondary N) is 2. The number of halogens is 1. The third kappa shape index (κ3) is 4.82. The molecule has 3 fully saturated rings. The largest absolute Gasteiger partial charge is 0.444 e. The fourth-order valence-electron chi connectivity index (χ4n) is 7.44. The Hall–Kier alpha value is -2.97. The van der Waals surface area contributed by atoms with Gasteiger partial charge in [0.25, 0.3) is 0 Å². The van der Waals surface area contributed by atoms with E-state index in [2.05, 4.69) is 29.7 Å². The molecule has 0 spiro atoms. The van der Waals surface area contributed by atoms with Crippen LogP contribution in [0.3, 0.4) is 0 Å². The fourth-order valence-corrected chi connectivity index (χ4v) is 7.44. The molecule has 2 amide bonds. The summed E-state index contributed by atoms with van der Waals surface area (Å²) in [6.45, 7) is 9.50. The highest BCUT2D eigenvalue weighted by Crippen LogP contribution is 2.67. The third-order valence-electron chi connectivity index (χ3n) is 9.15. The molecule has 0 radical (unpaired) electrons. The van der Waals surface area contributed by atoms with Gasteiger partial charge in [0.15, 0.2) is 0 Å². The molecule has 7 unspecified atom stereocenters. The van der Waals surface area contributed by atoms with Crippen LogP contribution in [0.5, 0.6) is 0 Å². The second-order valence-electron chi connectivity index (χ2n) is 12.8. The Morgan fingerprint density at radius 3 is 2.64 bits per heavy atom. The number of carbonyl (C=O) groups is 2. The molecule has 6 rings (SSSR count). The molecule has 39 heavy (non-hydrogen) atoms. The van der Waals surface area contributed by atoms with E-state index in [1.54, 1.807) is 17.0 Å². The first-order valence-electron chi connectivity index (χ1n) is 14.2. The van der Waals surface area contributed by atoms with Crippen molar-refractivity contribution in [2.75, 3.05) is 6.54 Å². The average molecular weight is 535 g/mol. The summed E-state index contributed by atoms with van der Waals surface area (Å²) in [4.78, 5) is 28.3. The van der Waals surface area contributed by atoms with Gasteiger partial charge in [0.1, 0.15) is 17.5 Å². The van der Waals surface area contributed by atoms with E-state index >= 15 is 4.39 Å². The topological polar surface area (TPSA) is 96.7 Å². The van der Waals surface area contributed by atoms with Crippen LogP contribution < -0.4 is 16.4 Å². The number of likely N-dealkylation sites (tertiary alicyclic amines) is 1. The first-order valence-corrected chi connectivity index (χ1v) is 14.2. The summed E-state index contributed by atoms with van der Waals surface area (Å²) in [5.41, 5.74) is 10.5. The number of nitrogens with zero attached hydrogens (tertiary/aromatic N) is 1. The maximum absolute atomic E-state index is 15.2. The maximum atomic E-state index is 15.2. The number of hydrogen-bond donors (Lipinski definition) is 3. The summed E-state index contributed by atoms with van der Waals surface area (Å²) in [7, 11) is 0. The summed E-state index contributed by atoms with van der Waals surface area (Å²) < 4.78 is 20.8. The molecule has 2 aliphatic carbocycles. The quantitative estimate of drug-likeness (QED) is 0.505. The van der Waals surface area contributed by atoms with E-state index < -0.39 is 23.9 Å². The minimum Gasteiger partial charge on any atom is -0.444 e. The Kier molecular flexibility index (Phi) is 6.46. The molecular formula is C31H39FN4O3. The fraction of sp³-hybridized carbons (Fsp3) is 0.548. The van der Waals surface area contributed by atoms with Gasteiger partial charge in [-0.2, -0.15) is 0 Å². The standard InChI is InChI=1S/C31H39FN4O3/c1-16-26-22-14-24(27(16)26)36(30(38)39-31(2,3)4)28(22)29(37)35-25(33)13-20-7-5-18(12-23(20)32)17-6-8-21-15-34-10-9-19(21)11-17/h5-8,11-12,16,22,24-28,34H,9-10,13-15,33H2,1-4H3,(H,35,37). The molecule has 1 saturated heterocycles. The minimum atomic E-state index is -0.777. The number of nitrogens with two attached hydrogens (primary N) is 1. The van der Waals surface area contributed by atoms with Gasteiger partial charge in [-0.05, 0) is 97.7 Å². The number of carbonyl (C=O) groups excluding carboxylic acids is 2. The predicted octanol–water partition coefficient (Wildman–Crippen LogP) is 3.97. The monoisotopic (exact) mass is 534 g/mol. The van der Waals surface area contributed by atoms with Gasteiger partial charge < -0.3 is 21.1 Å². The van der Waals surface area contributed by atoms with Crippen LogP contribution in [0.2, 0.25) is 0 Å². The summed E-state index contributed by atoms with van der Waals surface area (Å²) in [5.74, 6) is 0.897. The van der Waals surface area contributed by atoms with Crippen molar-refractivity contribution in [3.05, 3.63) is 58.9 Å². The van der Waals surface area contributed by atoms with Gasteiger partial charge >= 0.3 is 6.09 Å². The van der Waals surface area contributed by atoms with Gasteiger partial charge in [-0.15, -0.1) is 0 Å². The molecule has 2 bridgehead atoms. The second-order valence-corrected chi connectivity index (χ2v) is 12.8. The van der Waals surface area contributed by atoms with Crippen LogP contribution in [0, 0.1) is 29.5 Å². The van der Waals surface area contributed by atoms with E-state index in [9.17, 15) is 9.59 Å². The zero-order chi connectivity index (χ0) is 27.6. The van der Waals surface area contributed by atoms with Crippen molar-refractivity contribution in [3.8, 4) is 11.1 Å². The molecule has 4 N–H and O–H groups in total. The lowest BCUT2D eigenvalue weighted by Crippen LogP contribution is -2.57. The predicted molar refractivity (Wildman–Crippen MR) is 147 cm³/mol. The molecular weight excluding hydrogens is 495 g/mol. The summed E-state index contributed by atoms with van der Waals surface area (Å²) in [6, 6.07) is 10.9. The van der Waals surface area contributed by atoms with Gasteiger partial charge in [-0.1, -0.05) is 37.3 Å². The van der Waals surface area contributed by atoms with Gasteiger partial charge in [0, 0.05) is 19.0 Å². The van der Waals surface area contributed by atoms with Crippen LogP contribution in [0.1, 0.15) is 50.8 Å². The van der Waals surface area contributed by atoms with Crippen LogP contribution in [-0.4, -0.2) is 47.3 Å². The molecule has 0 aromatic heterocycles. The lowest BCUT2D eigenvalue weighted by atomic mass is 9.94. The van der Waals surface area contributed by atoms with E-state index in [1.807, 2.05) is 32.9 Å². The van der Waals surface area contributed by atoms with Crippen molar-refractivity contribution in [1.29, 1.82) is 0 Å². The van der Waals surface area contributed by atoms with Gasteiger partial charge in [-0.3, -0.25) is 9.69 Å². The van der Waals surface area contributed by atoms with Crippen molar-refractivity contribution >= 4 is 12.0 Å². The normalized spacial score (nSPS) is 29.4. The molecule has 8 heteroatoms. The highest BCUT2D eigenvalue weighted by atomic mass is 19.1. The molecule has 7 nitrogen and oxygen atoms in total.